The molecule has 0 amide bonds. The van der Waals surface area contributed by atoms with Crippen molar-refractivity contribution in [3.8, 4) is 0 Å². The molecule has 1 aliphatic rings. The van der Waals surface area contributed by atoms with Crippen LogP contribution in [0.5, 0.6) is 0 Å². The van der Waals surface area contributed by atoms with Crippen molar-refractivity contribution >= 4 is 15.8 Å². The van der Waals surface area contributed by atoms with E-state index >= 15 is 0 Å². The van der Waals surface area contributed by atoms with Crippen LogP contribution in [0.4, 0.5) is 0 Å². The molecule has 17 heavy (non-hydrogen) atoms. The van der Waals surface area contributed by atoms with Gasteiger partial charge in [0.05, 0.1) is 15.7 Å². The Morgan fingerprint density at radius 2 is 2.00 bits per heavy atom. The molecule has 0 unspecified atom stereocenters. The van der Waals surface area contributed by atoms with Gasteiger partial charge < -0.3 is 5.11 Å². The van der Waals surface area contributed by atoms with Gasteiger partial charge in [0.25, 0.3) is 0 Å². The van der Waals surface area contributed by atoms with Crippen molar-refractivity contribution in [2.75, 3.05) is 0 Å². The second-order valence-corrected chi connectivity index (χ2v) is 6.61. The average molecular weight is 254 g/mol. The monoisotopic (exact) mass is 254 g/mol. The van der Waals surface area contributed by atoms with E-state index in [1.165, 1.54) is 12.1 Å². The predicted molar refractivity (Wildman–Crippen MR) is 63.0 cm³/mol. The lowest BCUT2D eigenvalue weighted by molar-refractivity contribution is 0.0696. The number of carbonyl (C=O) groups is 1. The summed E-state index contributed by atoms with van der Waals surface area (Å²) in [6.07, 6.45) is 2.29. The Bertz CT molecular complexity index is 556. The van der Waals surface area contributed by atoms with Gasteiger partial charge in [0.1, 0.15) is 0 Å². The van der Waals surface area contributed by atoms with Crippen LogP contribution < -0.4 is 0 Å². The first-order valence-corrected chi connectivity index (χ1v) is 7.05. The van der Waals surface area contributed by atoms with Crippen molar-refractivity contribution in [2.24, 2.45) is 0 Å². The van der Waals surface area contributed by atoms with E-state index in [1.54, 1.807) is 13.0 Å². The topological polar surface area (TPSA) is 71.4 Å². The molecule has 92 valence electrons. The Kier molecular flexibility index (Phi) is 2.95. The first kappa shape index (κ1) is 12.1. The number of hydrogen-bond donors (Lipinski definition) is 1. The van der Waals surface area contributed by atoms with Crippen molar-refractivity contribution < 1.29 is 18.3 Å². The molecule has 5 heteroatoms. The molecule has 4 nitrogen and oxygen atoms in total. The Morgan fingerprint density at radius 1 is 1.35 bits per heavy atom. The zero-order valence-corrected chi connectivity index (χ0v) is 10.3. The number of carboxylic acids is 1. The van der Waals surface area contributed by atoms with Crippen molar-refractivity contribution in [3.63, 3.8) is 0 Å². The molecular weight excluding hydrogens is 240 g/mol. The SMILES string of the molecule is Cc1ccc(S(=O)(=O)C2CCC2)cc1C(=O)O. The average Bonchev–Trinajstić information content (AvgIpc) is 2.13. The van der Waals surface area contributed by atoms with Gasteiger partial charge in [0, 0.05) is 0 Å². The summed E-state index contributed by atoms with van der Waals surface area (Å²) in [7, 11) is -3.34. The standard InChI is InChI=1S/C12H14O4S/c1-8-5-6-10(7-11(8)12(13)14)17(15,16)9-3-2-4-9/h5-7,9H,2-4H2,1H3,(H,13,14). The van der Waals surface area contributed by atoms with Crippen molar-refractivity contribution in [3.05, 3.63) is 29.3 Å². The maximum atomic E-state index is 12.1. The smallest absolute Gasteiger partial charge is 0.335 e. The molecule has 0 radical (unpaired) electrons. The Hall–Kier alpha value is -1.36. The number of aryl methyl sites for hydroxylation is 1. The fourth-order valence-electron chi connectivity index (χ4n) is 1.88. The largest absolute Gasteiger partial charge is 0.478 e. The summed E-state index contributed by atoms with van der Waals surface area (Å²) in [6.45, 7) is 1.66. The highest BCUT2D eigenvalue weighted by Crippen LogP contribution is 2.31. The predicted octanol–water partition coefficient (Wildman–Crippen LogP) is 2.02. The molecular formula is C12H14O4S. The molecule has 1 fully saturated rings. The summed E-state index contributed by atoms with van der Waals surface area (Å²) >= 11 is 0. The molecule has 1 aliphatic carbocycles. The lowest BCUT2D eigenvalue weighted by Crippen LogP contribution is -2.28. The van der Waals surface area contributed by atoms with Crippen LogP contribution >= 0.6 is 0 Å². The first-order chi connectivity index (χ1) is 7.93. The van der Waals surface area contributed by atoms with Gasteiger partial charge in [-0.25, -0.2) is 13.2 Å². The molecule has 0 saturated heterocycles. The highest BCUT2D eigenvalue weighted by Gasteiger charge is 2.33. The summed E-state index contributed by atoms with van der Waals surface area (Å²) in [5, 5.41) is 8.64. The molecule has 0 aromatic heterocycles. The summed E-state index contributed by atoms with van der Waals surface area (Å²) in [5.74, 6) is -1.09. The van der Waals surface area contributed by atoms with Gasteiger partial charge in [-0.2, -0.15) is 0 Å². The molecule has 1 N–H and O–H groups in total. The maximum absolute atomic E-state index is 12.1. The number of sulfone groups is 1. The second-order valence-electron chi connectivity index (χ2n) is 4.38. The zero-order valence-electron chi connectivity index (χ0n) is 9.51. The van der Waals surface area contributed by atoms with Crippen LogP contribution in [0.25, 0.3) is 0 Å². The van der Waals surface area contributed by atoms with Crippen LogP contribution in [0, 0.1) is 6.92 Å². The third-order valence-corrected chi connectivity index (χ3v) is 5.52. The molecule has 1 saturated carbocycles. The molecule has 0 aliphatic heterocycles. The fourth-order valence-corrected chi connectivity index (χ4v) is 3.76. The van der Waals surface area contributed by atoms with Gasteiger partial charge in [-0.1, -0.05) is 12.5 Å². The minimum Gasteiger partial charge on any atom is -0.478 e. The van der Waals surface area contributed by atoms with Crippen LogP contribution in [-0.4, -0.2) is 24.7 Å². The van der Waals surface area contributed by atoms with Gasteiger partial charge in [-0.3, -0.25) is 0 Å². The van der Waals surface area contributed by atoms with Crippen LogP contribution in [0.2, 0.25) is 0 Å². The number of benzene rings is 1. The molecule has 1 aromatic rings. The van der Waals surface area contributed by atoms with Gasteiger partial charge in [-0.05, 0) is 37.5 Å². The minimum absolute atomic E-state index is 0.0606. The molecule has 1 aromatic carbocycles. The number of carboxylic acid groups (broad SMARTS) is 1. The molecule has 2 rings (SSSR count). The van der Waals surface area contributed by atoms with Crippen LogP contribution in [0.15, 0.2) is 23.1 Å². The molecule has 0 heterocycles. The summed E-state index contributed by atoms with van der Waals surface area (Å²) < 4.78 is 24.2. The lowest BCUT2D eigenvalue weighted by Gasteiger charge is -2.25. The van der Waals surface area contributed by atoms with E-state index in [2.05, 4.69) is 0 Å². The summed E-state index contributed by atoms with van der Waals surface area (Å²) in [4.78, 5) is 11.1. The van der Waals surface area contributed by atoms with E-state index in [-0.39, 0.29) is 15.7 Å². The van der Waals surface area contributed by atoms with Crippen LogP contribution in [0.1, 0.15) is 35.2 Å². The van der Waals surface area contributed by atoms with E-state index in [1.807, 2.05) is 0 Å². The fraction of sp³-hybridized carbons (Fsp3) is 0.417. The van der Waals surface area contributed by atoms with Gasteiger partial charge in [-0.15, -0.1) is 0 Å². The molecule has 0 spiro atoms. The lowest BCUT2D eigenvalue weighted by atomic mass is 10.00. The third-order valence-electron chi connectivity index (χ3n) is 3.26. The number of hydrogen-bond acceptors (Lipinski definition) is 3. The van der Waals surface area contributed by atoms with Gasteiger partial charge in [0.2, 0.25) is 0 Å². The van der Waals surface area contributed by atoms with Crippen molar-refractivity contribution in [2.45, 2.75) is 36.3 Å². The Morgan fingerprint density at radius 3 is 2.47 bits per heavy atom. The van der Waals surface area contributed by atoms with Gasteiger partial charge in [0.15, 0.2) is 9.84 Å². The number of rotatable bonds is 3. The summed E-state index contributed by atoms with van der Waals surface area (Å²) in [6, 6.07) is 4.32. The third kappa shape index (κ3) is 2.07. The highest BCUT2D eigenvalue weighted by atomic mass is 32.2. The van der Waals surface area contributed by atoms with Crippen molar-refractivity contribution in [1.29, 1.82) is 0 Å². The quantitative estimate of drug-likeness (QED) is 0.895. The Balaban J connectivity index is 2.46. The van der Waals surface area contributed by atoms with E-state index in [9.17, 15) is 13.2 Å². The zero-order chi connectivity index (χ0) is 12.6. The normalized spacial score (nSPS) is 16.5. The van der Waals surface area contributed by atoms with E-state index in [0.717, 1.165) is 6.42 Å². The number of aromatic carboxylic acids is 1. The van der Waals surface area contributed by atoms with Crippen LogP contribution in [-0.2, 0) is 9.84 Å². The van der Waals surface area contributed by atoms with E-state index < -0.39 is 15.8 Å². The van der Waals surface area contributed by atoms with Crippen molar-refractivity contribution in [1.82, 2.24) is 0 Å². The first-order valence-electron chi connectivity index (χ1n) is 5.51. The van der Waals surface area contributed by atoms with Gasteiger partial charge >= 0.3 is 5.97 Å². The summed E-state index contributed by atoms with van der Waals surface area (Å²) in [5.41, 5.74) is 0.635. The highest BCUT2D eigenvalue weighted by molar-refractivity contribution is 7.92. The van der Waals surface area contributed by atoms with E-state index in [4.69, 9.17) is 5.11 Å². The minimum atomic E-state index is -3.34. The molecule has 0 bridgehead atoms. The Labute approximate surface area is 100 Å². The van der Waals surface area contributed by atoms with E-state index in [0.29, 0.717) is 18.4 Å². The second kappa shape index (κ2) is 4.14. The maximum Gasteiger partial charge on any atom is 0.335 e. The molecule has 0 atom stereocenters. The van der Waals surface area contributed by atoms with Crippen LogP contribution in [0.3, 0.4) is 0 Å².